The molecule has 0 unspecified atom stereocenters. The van der Waals surface area contributed by atoms with E-state index in [1.807, 2.05) is 94.0 Å². The Morgan fingerprint density at radius 3 is 2.42 bits per heavy atom. The summed E-state index contributed by atoms with van der Waals surface area (Å²) < 4.78 is 1.85. The summed E-state index contributed by atoms with van der Waals surface area (Å²) in [5.41, 5.74) is 6.58. The van der Waals surface area contributed by atoms with Gasteiger partial charge in [-0.15, -0.1) is 0 Å². The lowest BCUT2D eigenvalue weighted by molar-refractivity contribution is 0.0977. The van der Waals surface area contributed by atoms with Crippen LogP contribution in [0, 0.1) is 20.8 Å². The molecule has 31 heavy (non-hydrogen) atoms. The number of carbonyl (C=O) groups excluding carboxylic acids is 1. The number of aliphatic imine (C=N–C) groups is 1. The highest BCUT2D eigenvalue weighted by atomic mass is 16.1. The molecule has 3 aromatic rings. The van der Waals surface area contributed by atoms with E-state index >= 15 is 0 Å². The quantitative estimate of drug-likeness (QED) is 0.488. The van der Waals surface area contributed by atoms with Gasteiger partial charge in [0, 0.05) is 49.3 Å². The molecular weight excluding hydrogens is 388 g/mol. The fourth-order valence-electron chi connectivity index (χ4n) is 3.19. The van der Waals surface area contributed by atoms with E-state index in [4.69, 9.17) is 0 Å². The zero-order chi connectivity index (χ0) is 22.5. The van der Waals surface area contributed by atoms with E-state index in [9.17, 15) is 4.79 Å². The van der Waals surface area contributed by atoms with Crippen LogP contribution in [0.3, 0.4) is 0 Å². The first kappa shape index (κ1) is 22.1. The Morgan fingerprint density at radius 1 is 1.10 bits per heavy atom. The number of hydrogen-bond acceptors (Lipinski definition) is 4. The van der Waals surface area contributed by atoms with E-state index in [1.165, 1.54) is 0 Å². The Hall–Kier alpha value is -3.61. The van der Waals surface area contributed by atoms with Gasteiger partial charge in [-0.05, 0) is 51.1 Å². The maximum absolute atomic E-state index is 13.0. The summed E-state index contributed by atoms with van der Waals surface area (Å²) in [7, 11) is 5.81. The Bertz CT molecular complexity index is 1100. The Labute approximate surface area is 183 Å². The first-order chi connectivity index (χ1) is 14.7. The molecule has 1 amide bonds. The number of nitrogens with one attached hydrogen (secondary N) is 2. The second-order valence-corrected chi connectivity index (χ2v) is 7.83. The van der Waals surface area contributed by atoms with E-state index in [0.717, 1.165) is 33.9 Å². The first-order valence-electron chi connectivity index (χ1n) is 10.2. The van der Waals surface area contributed by atoms with Crippen LogP contribution in [0.4, 0.5) is 11.4 Å². The molecule has 3 rings (SSSR count). The number of aromatic nitrogens is 2. The smallest absolute Gasteiger partial charge is 0.258 e. The Kier molecular flexibility index (Phi) is 6.74. The van der Waals surface area contributed by atoms with Gasteiger partial charge in [0.05, 0.1) is 12.2 Å². The molecule has 2 N–H and O–H groups in total. The molecule has 0 saturated heterocycles. The topological polar surface area (TPSA) is 74.5 Å². The molecule has 0 radical (unpaired) electrons. The van der Waals surface area contributed by atoms with Crippen LogP contribution < -0.4 is 15.5 Å². The SMILES string of the molecule is Cc1ccc(NC(=NCc2c(C)nn(C)c2C)NC(=O)c2cccc(N(C)C)c2)cc1. The monoisotopic (exact) mass is 418 g/mol. The Morgan fingerprint density at radius 2 is 1.81 bits per heavy atom. The van der Waals surface area contributed by atoms with Crippen LogP contribution in [-0.2, 0) is 13.6 Å². The number of benzene rings is 2. The van der Waals surface area contributed by atoms with Gasteiger partial charge in [0.1, 0.15) is 0 Å². The van der Waals surface area contributed by atoms with E-state index in [-0.39, 0.29) is 5.91 Å². The van der Waals surface area contributed by atoms with Crippen molar-refractivity contribution in [2.75, 3.05) is 24.3 Å². The molecule has 0 saturated carbocycles. The summed E-state index contributed by atoms with van der Waals surface area (Å²) in [4.78, 5) is 19.6. The third kappa shape index (κ3) is 5.51. The van der Waals surface area contributed by atoms with Crippen LogP contribution in [-0.4, -0.2) is 35.7 Å². The van der Waals surface area contributed by atoms with E-state index in [2.05, 4.69) is 20.7 Å². The van der Waals surface area contributed by atoms with Gasteiger partial charge in [-0.1, -0.05) is 23.8 Å². The molecule has 7 heteroatoms. The number of rotatable bonds is 5. The standard InChI is InChI=1S/C24H30N6O/c1-16-10-12-20(13-11-16)26-24(25-15-22-17(2)28-30(6)18(22)3)27-23(31)19-8-7-9-21(14-19)29(4)5/h7-14H,15H2,1-6H3,(H2,25,26,27,31). The number of amides is 1. The van der Waals surface area contributed by atoms with E-state index < -0.39 is 0 Å². The average Bonchev–Trinajstić information content (AvgIpc) is 2.99. The van der Waals surface area contributed by atoms with Crippen molar-refractivity contribution in [2.45, 2.75) is 27.3 Å². The molecule has 0 aliphatic rings. The van der Waals surface area contributed by atoms with Gasteiger partial charge in [0.15, 0.2) is 0 Å². The van der Waals surface area contributed by atoms with Gasteiger partial charge in [0.25, 0.3) is 5.91 Å². The number of carbonyl (C=O) groups is 1. The molecule has 2 aromatic carbocycles. The fourth-order valence-corrected chi connectivity index (χ4v) is 3.19. The summed E-state index contributed by atoms with van der Waals surface area (Å²) in [6.07, 6.45) is 0. The second-order valence-electron chi connectivity index (χ2n) is 7.83. The summed E-state index contributed by atoms with van der Waals surface area (Å²) in [5.74, 6) is 0.174. The second kappa shape index (κ2) is 9.47. The van der Waals surface area contributed by atoms with Crippen molar-refractivity contribution in [1.82, 2.24) is 15.1 Å². The predicted octanol–water partition coefficient (Wildman–Crippen LogP) is 3.81. The zero-order valence-corrected chi connectivity index (χ0v) is 19.0. The van der Waals surface area contributed by atoms with Gasteiger partial charge in [0.2, 0.25) is 5.96 Å². The number of guanidine groups is 1. The molecule has 0 fully saturated rings. The van der Waals surface area contributed by atoms with Crippen molar-refractivity contribution in [1.29, 1.82) is 0 Å². The average molecular weight is 419 g/mol. The van der Waals surface area contributed by atoms with Crippen molar-refractivity contribution in [3.8, 4) is 0 Å². The molecule has 0 aliphatic carbocycles. The molecule has 1 heterocycles. The number of hydrogen-bond donors (Lipinski definition) is 2. The normalized spacial score (nSPS) is 11.4. The number of nitrogens with zero attached hydrogens (tertiary/aromatic N) is 4. The third-order valence-corrected chi connectivity index (χ3v) is 5.23. The summed E-state index contributed by atoms with van der Waals surface area (Å²) in [6, 6.07) is 15.4. The minimum absolute atomic E-state index is 0.221. The highest BCUT2D eigenvalue weighted by molar-refractivity contribution is 6.10. The molecular formula is C24H30N6O. The van der Waals surface area contributed by atoms with Crippen LogP contribution >= 0.6 is 0 Å². The molecule has 0 aliphatic heterocycles. The van der Waals surface area contributed by atoms with Crippen LogP contribution in [0.2, 0.25) is 0 Å². The summed E-state index contributed by atoms with van der Waals surface area (Å²) in [6.45, 7) is 6.43. The molecule has 0 spiro atoms. The molecule has 1 aromatic heterocycles. The molecule has 162 valence electrons. The zero-order valence-electron chi connectivity index (χ0n) is 19.0. The lowest BCUT2D eigenvalue weighted by Crippen LogP contribution is -2.36. The van der Waals surface area contributed by atoms with Crippen molar-refractivity contribution >= 4 is 23.2 Å². The predicted molar refractivity (Wildman–Crippen MR) is 127 cm³/mol. The van der Waals surface area contributed by atoms with Crippen LogP contribution in [0.1, 0.15) is 32.9 Å². The molecule has 0 bridgehead atoms. The largest absolute Gasteiger partial charge is 0.378 e. The van der Waals surface area contributed by atoms with Crippen molar-refractivity contribution in [3.63, 3.8) is 0 Å². The summed E-state index contributed by atoms with van der Waals surface area (Å²) in [5, 5.41) is 10.6. The third-order valence-electron chi connectivity index (χ3n) is 5.23. The Balaban J connectivity index is 1.86. The lowest BCUT2D eigenvalue weighted by Gasteiger charge is -2.15. The van der Waals surface area contributed by atoms with Crippen LogP contribution in [0.5, 0.6) is 0 Å². The van der Waals surface area contributed by atoms with Gasteiger partial charge in [-0.3, -0.25) is 14.8 Å². The van der Waals surface area contributed by atoms with Crippen molar-refractivity contribution in [2.24, 2.45) is 12.0 Å². The number of anilines is 2. The van der Waals surface area contributed by atoms with Gasteiger partial charge in [-0.2, -0.15) is 5.10 Å². The van der Waals surface area contributed by atoms with Crippen molar-refractivity contribution in [3.05, 3.63) is 76.6 Å². The number of aryl methyl sites for hydroxylation is 3. The van der Waals surface area contributed by atoms with E-state index in [0.29, 0.717) is 18.1 Å². The molecule has 7 nitrogen and oxygen atoms in total. The maximum atomic E-state index is 13.0. The minimum atomic E-state index is -0.221. The van der Waals surface area contributed by atoms with Crippen molar-refractivity contribution < 1.29 is 4.79 Å². The maximum Gasteiger partial charge on any atom is 0.258 e. The first-order valence-corrected chi connectivity index (χ1v) is 10.2. The van der Waals surface area contributed by atoms with E-state index in [1.54, 1.807) is 6.07 Å². The molecule has 0 atom stereocenters. The van der Waals surface area contributed by atoms with Gasteiger partial charge < -0.3 is 10.2 Å². The van der Waals surface area contributed by atoms with Gasteiger partial charge in [-0.25, -0.2) is 4.99 Å². The van der Waals surface area contributed by atoms with Gasteiger partial charge >= 0.3 is 0 Å². The van der Waals surface area contributed by atoms with Crippen LogP contribution in [0.15, 0.2) is 53.5 Å². The highest BCUT2D eigenvalue weighted by Crippen LogP contribution is 2.15. The minimum Gasteiger partial charge on any atom is -0.378 e. The summed E-state index contributed by atoms with van der Waals surface area (Å²) >= 11 is 0. The van der Waals surface area contributed by atoms with Crippen LogP contribution in [0.25, 0.3) is 0 Å². The lowest BCUT2D eigenvalue weighted by atomic mass is 10.2. The fraction of sp³-hybridized carbons (Fsp3) is 0.292. The highest BCUT2D eigenvalue weighted by Gasteiger charge is 2.13.